The van der Waals surface area contributed by atoms with Gasteiger partial charge in [-0.25, -0.2) is 4.98 Å². The van der Waals surface area contributed by atoms with E-state index >= 15 is 0 Å². The molecule has 0 atom stereocenters. The van der Waals surface area contributed by atoms with Gasteiger partial charge >= 0.3 is 0 Å². The third-order valence-corrected chi connectivity index (χ3v) is 5.64. The predicted octanol–water partition coefficient (Wildman–Crippen LogP) is 4.09. The number of thioether (sulfide) groups is 1. The third kappa shape index (κ3) is 4.64. The van der Waals surface area contributed by atoms with Crippen molar-refractivity contribution >= 4 is 34.9 Å². The van der Waals surface area contributed by atoms with Crippen LogP contribution in [0.25, 0.3) is 5.78 Å². The molecule has 0 aliphatic heterocycles. The van der Waals surface area contributed by atoms with Crippen molar-refractivity contribution in [1.82, 2.24) is 19.6 Å². The summed E-state index contributed by atoms with van der Waals surface area (Å²) in [6.07, 6.45) is 0.270. The Bertz CT molecular complexity index is 1250. The van der Waals surface area contributed by atoms with Crippen LogP contribution in [0.15, 0.2) is 65.8 Å². The topological polar surface area (TPSA) is 89.2 Å². The van der Waals surface area contributed by atoms with Crippen molar-refractivity contribution < 1.29 is 9.59 Å². The predicted molar refractivity (Wildman–Crippen MR) is 121 cm³/mol. The summed E-state index contributed by atoms with van der Waals surface area (Å²) in [7, 11) is 0. The Labute approximate surface area is 183 Å². The number of hydrogen-bond donors (Lipinski definition) is 1. The third-order valence-electron chi connectivity index (χ3n) is 4.71. The molecular weight excluding hydrogens is 410 g/mol. The number of hydrogen-bond acceptors (Lipinski definition) is 6. The fourth-order valence-corrected chi connectivity index (χ4v) is 4.20. The van der Waals surface area contributed by atoms with Gasteiger partial charge in [0.2, 0.25) is 5.91 Å². The average molecular weight is 432 g/mol. The summed E-state index contributed by atoms with van der Waals surface area (Å²) in [5, 5.41) is 11.9. The van der Waals surface area contributed by atoms with Crippen molar-refractivity contribution in [3.63, 3.8) is 0 Å². The zero-order chi connectivity index (χ0) is 21.8. The van der Waals surface area contributed by atoms with Crippen LogP contribution in [0.5, 0.6) is 0 Å². The van der Waals surface area contributed by atoms with E-state index in [9.17, 15) is 9.59 Å². The number of benzene rings is 2. The van der Waals surface area contributed by atoms with Crippen LogP contribution in [-0.4, -0.2) is 37.0 Å². The number of amides is 1. The standard InChI is InChI=1S/C23H21N5O2S/c1-15-14-16(2)28-22(24-15)26-27-23(28)31-13-12-20(29)25-19-11-7-6-10-18(19)21(30)17-8-4-3-5-9-17/h3-11,14H,12-13H2,1-2H3,(H,25,29). The van der Waals surface area contributed by atoms with Gasteiger partial charge in [0.05, 0.1) is 5.69 Å². The Morgan fingerprint density at radius 1 is 1.00 bits per heavy atom. The van der Waals surface area contributed by atoms with Gasteiger partial charge in [-0.2, -0.15) is 0 Å². The molecule has 0 saturated carbocycles. The monoisotopic (exact) mass is 431 g/mol. The highest BCUT2D eigenvalue weighted by Gasteiger charge is 2.15. The number of ketones is 1. The first-order valence-corrected chi connectivity index (χ1v) is 10.8. The van der Waals surface area contributed by atoms with Crippen LogP contribution in [0, 0.1) is 13.8 Å². The Kier molecular flexibility index (Phi) is 6.08. The summed E-state index contributed by atoms with van der Waals surface area (Å²) >= 11 is 1.44. The minimum atomic E-state index is -0.166. The van der Waals surface area contributed by atoms with E-state index in [0.717, 1.165) is 11.4 Å². The van der Waals surface area contributed by atoms with Crippen molar-refractivity contribution in [3.05, 3.63) is 83.2 Å². The summed E-state index contributed by atoms with van der Waals surface area (Å²) < 4.78 is 1.88. The van der Waals surface area contributed by atoms with Gasteiger partial charge in [0.25, 0.3) is 5.78 Å². The SMILES string of the molecule is Cc1cc(C)n2c(SCCC(=O)Nc3ccccc3C(=O)c3ccccc3)nnc2n1. The van der Waals surface area contributed by atoms with E-state index < -0.39 is 0 Å². The van der Waals surface area contributed by atoms with E-state index in [-0.39, 0.29) is 18.1 Å². The summed E-state index contributed by atoms with van der Waals surface area (Å²) in [6.45, 7) is 3.89. The molecule has 0 radical (unpaired) electrons. The lowest BCUT2D eigenvalue weighted by Crippen LogP contribution is -2.15. The Balaban J connectivity index is 1.41. The van der Waals surface area contributed by atoms with Crippen molar-refractivity contribution in [2.45, 2.75) is 25.4 Å². The first kappa shape index (κ1) is 20.7. The van der Waals surface area contributed by atoms with E-state index in [1.54, 1.807) is 36.4 Å². The molecule has 0 saturated heterocycles. The molecule has 4 rings (SSSR count). The maximum Gasteiger partial charge on any atom is 0.256 e. The fourth-order valence-electron chi connectivity index (χ4n) is 3.28. The molecule has 0 unspecified atom stereocenters. The van der Waals surface area contributed by atoms with Crippen molar-refractivity contribution in [1.29, 1.82) is 0 Å². The van der Waals surface area contributed by atoms with Crippen molar-refractivity contribution in [3.8, 4) is 0 Å². The maximum atomic E-state index is 12.8. The molecule has 156 valence electrons. The Hall–Kier alpha value is -3.52. The molecule has 31 heavy (non-hydrogen) atoms. The minimum absolute atomic E-state index is 0.126. The van der Waals surface area contributed by atoms with Crippen molar-refractivity contribution in [2.24, 2.45) is 0 Å². The molecule has 7 nitrogen and oxygen atoms in total. The van der Waals surface area contributed by atoms with Crippen LogP contribution in [-0.2, 0) is 4.79 Å². The summed E-state index contributed by atoms with van der Waals surface area (Å²) in [5.41, 5.74) is 3.44. The van der Waals surface area contributed by atoms with Gasteiger partial charge in [-0.15, -0.1) is 10.2 Å². The van der Waals surface area contributed by atoms with Gasteiger partial charge in [-0.1, -0.05) is 54.2 Å². The maximum absolute atomic E-state index is 12.8. The molecule has 0 aliphatic carbocycles. The molecule has 2 aromatic carbocycles. The molecule has 0 bridgehead atoms. The van der Waals surface area contributed by atoms with Crippen LogP contribution in [0.1, 0.15) is 33.7 Å². The van der Waals surface area contributed by atoms with Gasteiger partial charge < -0.3 is 5.32 Å². The van der Waals surface area contributed by atoms with E-state index in [1.165, 1.54) is 11.8 Å². The normalized spacial score (nSPS) is 10.9. The van der Waals surface area contributed by atoms with Gasteiger partial charge in [-0.05, 0) is 32.0 Å². The number of fused-ring (bicyclic) bond motifs is 1. The van der Waals surface area contributed by atoms with Gasteiger partial charge in [0, 0.05) is 34.7 Å². The second-order valence-corrected chi connectivity index (χ2v) is 8.11. The molecule has 2 aromatic heterocycles. The van der Waals surface area contributed by atoms with Crippen LogP contribution < -0.4 is 5.32 Å². The number of carbonyl (C=O) groups excluding carboxylic acids is 2. The molecule has 8 heteroatoms. The molecule has 1 N–H and O–H groups in total. The molecular formula is C23H21N5O2S. The minimum Gasteiger partial charge on any atom is -0.325 e. The van der Waals surface area contributed by atoms with Gasteiger partial charge in [0.15, 0.2) is 10.9 Å². The number of nitrogens with zero attached hydrogens (tertiary/aromatic N) is 4. The lowest BCUT2D eigenvalue weighted by molar-refractivity contribution is -0.115. The van der Waals surface area contributed by atoms with Crippen LogP contribution in [0.3, 0.4) is 0 Å². The molecule has 2 heterocycles. The number of rotatable bonds is 7. The number of anilines is 1. The molecule has 0 aliphatic rings. The second-order valence-electron chi connectivity index (χ2n) is 7.04. The molecule has 4 aromatic rings. The summed E-state index contributed by atoms with van der Waals surface area (Å²) in [5.74, 6) is 0.784. The highest BCUT2D eigenvalue weighted by molar-refractivity contribution is 7.99. The second kappa shape index (κ2) is 9.09. The van der Waals surface area contributed by atoms with E-state index in [2.05, 4.69) is 20.5 Å². The average Bonchev–Trinajstić information content (AvgIpc) is 3.17. The van der Waals surface area contributed by atoms with Gasteiger partial charge in [-0.3, -0.25) is 14.0 Å². The van der Waals surface area contributed by atoms with Crippen LogP contribution in [0.2, 0.25) is 0 Å². The largest absolute Gasteiger partial charge is 0.325 e. The lowest BCUT2D eigenvalue weighted by atomic mass is 10.0. The van der Waals surface area contributed by atoms with Crippen molar-refractivity contribution in [2.75, 3.05) is 11.1 Å². The fraction of sp³-hybridized carbons (Fsp3) is 0.174. The first-order valence-electron chi connectivity index (χ1n) is 9.84. The van der Waals surface area contributed by atoms with E-state index in [0.29, 0.717) is 33.5 Å². The van der Waals surface area contributed by atoms with E-state index in [1.807, 2.05) is 42.5 Å². The Morgan fingerprint density at radius 2 is 1.74 bits per heavy atom. The van der Waals surface area contributed by atoms with Crippen LogP contribution in [0.4, 0.5) is 5.69 Å². The number of nitrogens with one attached hydrogen (secondary N) is 1. The zero-order valence-corrected chi connectivity index (χ0v) is 18.0. The summed E-state index contributed by atoms with van der Waals surface area (Å²) in [6, 6.07) is 18.0. The summed E-state index contributed by atoms with van der Waals surface area (Å²) in [4.78, 5) is 29.7. The number of carbonyl (C=O) groups is 2. The lowest BCUT2D eigenvalue weighted by Gasteiger charge is -2.10. The number of aryl methyl sites for hydroxylation is 2. The van der Waals surface area contributed by atoms with E-state index in [4.69, 9.17) is 0 Å². The molecule has 0 spiro atoms. The zero-order valence-electron chi connectivity index (χ0n) is 17.2. The van der Waals surface area contributed by atoms with Crippen LogP contribution >= 0.6 is 11.8 Å². The highest BCUT2D eigenvalue weighted by Crippen LogP contribution is 2.22. The quantitative estimate of drug-likeness (QED) is 0.350. The highest BCUT2D eigenvalue weighted by atomic mass is 32.2. The number of para-hydroxylation sites is 1. The first-order chi connectivity index (χ1) is 15.0. The smallest absolute Gasteiger partial charge is 0.256 e. The molecule has 0 fully saturated rings. The Morgan fingerprint density at radius 3 is 2.55 bits per heavy atom. The molecule has 1 amide bonds. The van der Waals surface area contributed by atoms with Gasteiger partial charge in [0.1, 0.15) is 0 Å². The number of aromatic nitrogens is 4.